The third kappa shape index (κ3) is 6.25. The van der Waals surface area contributed by atoms with Crippen LogP contribution < -0.4 is 0 Å². The molecule has 1 aliphatic rings. The normalized spacial score (nSPS) is 14.9. The highest BCUT2D eigenvalue weighted by atomic mass is 32.2. The minimum Gasteiger partial charge on any atom is -0.444 e. The second-order valence-corrected chi connectivity index (χ2v) is 9.66. The van der Waals surface area contributed by atoms with E-state index in [-0.39, 0.29) is 0 Å². The first kappa shape index (κ1) is 24.1. The molecule has 1 amide bonds. The molecule has 0 N–H and O–H groups in total. The quantitative estimate of drug-likeness (QED) is 0.499. The smallest absolute Gasteiger partial charge is 0.416 e. The molecule has 2 heterocycles. The molecule has 0 spiro atoms. The van der Waals surface area contributed by atoms with Gasteiger partial charge in [0.15, 0.2) is 5.16 Å². The van der Waals surface area contributed by atoms with Crippen molar-refractivity contribution in [1.29, 1.82) is 0 Å². The van der Waals surface area contributed by atoms with Gasteiger partial charge in [-0.15, -0.1) is 0 Å². The third-order valence-electron chi connectivity index (χ3n) is 4.68. The average Bonchev–Trinajstić information content (AvgIpc) is 2.65. The second-order valence-electron chi connectivity index (χ2n) is 8.65. The number of aromatic nitrogens is 2. The Kier molecular flexibility index (Phi) is 6.88. The number of aryl methyl sites for hydroxylation is 2. The Morgan fingerprint density at radius 3 is 2.28 bits per heavy atom. The molecule has 0 atom stereocenters. The Balaban J connectivity index is 1.91. The number of halogens is 3. The van der Waals surface area contributed by atoms with Crippen LogP contribution in [-0.2, 0) is 10.9 Å². The summed E-state index contributed by atoms with van der Waals surface area (Å²) in [4.78, 5) is 23.0. The van der Waals surface area contributed by atoms with Gasteiger partial charge in [-0.25, -0.2) is 14.8 Å². The molecule has 0 bridgehead atoms. The number of hydrogen-bond donors (Lipinski definition) is 0. The van der Waals surface area contributed by atoms with E-state index in [1.165, 1.54) is 6.07 Å². The van der Waals surface area contributed by atoms with E-state index in [0.717, 1.165) is 40.9 Å². The molecule has 5 nitrogen and oxygen atoms in total. The van der Waals surface area contributed by atoms with Crippen molar-refractivity contribution in [3.05, 3.63) is 52.9 Å². The van der Waals surface area contributed by atoms with E-state index < -0.39 is 23.4 Å². The van der Waals surface area contributed by atoms with Gasteiger partial charge in [0.2, 0.25) is 0 Å². The van der Waals surface area contributed by atoms with Gasteiger partial charge in [-0.1, -0.05) is 12.1 Å². The van der Waals surface area contributed by atoms with E-state index in [1.807, 2.05) is 26.0 Å². The molecule has 9 heteroatoms. The third-order valence-corrected chi connectivity index (χ3v) is 5.60. The van der Waals surface area contributed by atoms with Crippen molar-refractivity contribution in [2.75, 3.05) is 13.1 Å². The van der Waals surface area contributed by atoms with E-state index in [1.54, 1.807) is 25.7 Å². The Morgan fingerprint density at radius 2 is 1.75 bits per heavy atom. The lowest BCUT2D eigenvalue weighted by atomic mass is 9.98. The molecular formula is C23H26F3N3O2S. The Labute approximate surface area is 190 Å². The van der Waals surface area contributed by atoms with Crippen molar-refractivity contribution in [2.45, 2.75) is 62.9 Å². The zero-order valence-electron chi connectivity index (χ0n) is 18.7. The van der Waals surface area contributed by atoms with Gasteiger partial charge >= 0.3 is 12.3 Å². The summed E-state index contributed by atoms with van der Waals surface area (Å²) in [5, 5.41) is 0.398. The maximum Gasteiger partial charge on any atom is 0.416 e. The summed E-state index contributed by atoms with van der Waals surface area (Å²) in [5.41, 5.74) is 1.75. The van der Waals surface area contributed by atoms with Crippen LogP contribution >= 0.6 is 11.8 Å². The number of amides is 1. The monoisotopic (exact) mass is 465 g/mol. The topological polar surface area (TPSA) is 55.3 Å². The molecule has 1 aliphatic heterocycles. The summed E-state index contributed by atoms with van der Waals surface area (Å²) in [6.07, 6.45) is -2.49. The minimum absolute atomic E-state index is 0.329. The number of benzene rings is 1. The van der Waals surface area contributed by atoms with Crippen LogP contribution in [0.5, 0.6) is 0 Å². The summed E-state index contributed by atoms with van der Waals surface area (Å²) in [6, 6.07) is 5.53. The van der Waals surface area contributed by atoms with Crippen LogP contribution in [0.15, 0.2) is 40.4 Å². The summed E-state index contributed by atoms with van der Waals surface area (Å²) in [6.45, 7) is 9.80. The van der Waals surface area contributed by atoms with Crippen molar-refractivity contribution in [2.24, 2.45) is 0 Å². The van der Waals surface area contributed by atoms with Gasteiger partial charge in [0.25, 0.3) is 0 Å². The van der Waals surface area contributed by atoms with Crippen LogP contribution in [-0.4, -0.2) is 39.7 Å². The number of hydrogen-bond acceptors (Lipinski definition) is 5. The van der Waals surface area contributed by atoms with Crippen molar-refractivity contribution in [1.82, 2.24) is 14.9 Å². The van der Waals surface area contributed by atoms with Gasteiger partial charge in [0, 0.05) is 29.4 Å². The molecular weight excluding hydrogens is 439 g/mol. The first-order valence-electron chi connectivity index (χ1n) is 10.2. The number of carbonyl (C=O) groups excluding carboxylic acids is 1. The summed E-state index contributed by atoms with van der Waals surface area (Å²) in [5.74, 6) is 0. The molecule has 0 fully saturated rings. The van der Waals surface area contributed by atoms with E-state index in [9.17, 15) is 18.0 Å². The molecule has 2 aromatic rings. The lowest BCUT2D eigenvalue weighted by molar-refractivity contribution is -0.137. The lowest BCUT2D eigenvalue weighted by Crippen LogP contribution is -2.39. The number of carbonyl (C=O) groups is 1. The molecule has 32 heavy (non-hydrogen) atoms. The van der Waals surface area contributed by atoms with Crippen molar-refractivity contribution in [3.8, 4) is 0 Å². The molecule has 0 saturated heterocycles. The van der Waals surface area contributed by atoms with Crippen LogP contribution in [0.2, 0.25) is 0 Å². The first-order valence-corrected chi connectivity index (χ1v) is 11.0. The van der Waals surface area contributed by atoms with Gasteiger partial charge in [-0.3, -0.25) is 0 Å². The van der Waals surface area contributed by atoms with Gasteiger partial charge in [0.05, 0.1) is 5.56 Å². The molecule has 1 aromatic heterocycles. The number of alkyl halides is 3. The van der Waals surface area contributed by atoms with Gasteiger partial charge in [-0.2, -0.15) is 13.2 Å². The first-order chi connectivity index (χ1) is 14.8. The van der Waals surface area contributed by atoms with E-state index in [4.69, 9.17) is 4.74 Å². The molecule has 1 aromatic carbocycles. The molecule has 0 unspecified atom stereocenters. The highest BCUT2D eigenvalue weighted by molar-refractivity contribution is 7.99. The lowest BCUT2D eigenvalue weighted by Gasteiger charge is -2.30. The molecule has 172 valence electrons. The fraction of sp³-hybridized carbons (Fsp3) is 0.435. The predicted molar refractivity (Wildman–Crippen MR) is 117 cm³/mol. The second kappa shape index (κ2) is 9.13. The Hall–Kier alpha value is -2.55. The van der Waals surface area contributed by atoms with E-state index in [0.29, 0.717) is 35.1 Å². The van der Waals surface area contributed by atoms with Crippen LogP contribution in [0.4, 0.5) is 18.0 Å². The van der Waals surface area contributed by atoms with Crippen molar-refractivity contribution < 1.29 is 22.7 Å². The Bertz CT molecular complexity index is 1030. The number of ether oxygens (including phenoxy) is 1. The molecule has 0 radical (unpaired) electrons. The maximum atomic E-state index is 13.4. The molecule has 3 rings (SSSR count). The van der Waals surface area contributed by atoms with Crippen LogP contribution in [0, 0.1) is 13.8 Å². The maximum absolute atomic E-state index is 13.4. The number of rotatable bonds is 3. The SMILES string of the molecule is Cc1cc(C)nc(Sc2cc(C(F)(F)F)ccc2C2=CCN(C(=O)OC(C)(C)C)CC2)n1. The Morgan fingerprint density at radius 1 is 1.09 bits per heavy atom. The average molecular weight is 466 g/mol. The van der Waals surface area contributed by atoms with Crippen LogP contribution in [0.25, 0.3) is 5.57 Å². The molecule has 0 saturated carbocycles. The summed E-state index contributed by atoms with van der Waals surface area (Å²) < 4.78 is 45.5. The van der Waals surface area contributed by atoms with Gasteiger partial charge in [0.1, 0.15) is 5.60 Å². The zero-order valence-corrected chi connectivity index (χ0v) is 19.5. The van der Waals surface area contributed by atoms with Gasteiger partial charge < -0.3 is 9.64 Å². The summed E-state index contributed by atoms with van der Waals surface area (Å²) >= 11 is 1.11. The van der Waals surface area contributed by atoms with Crippen LogP contribution in [0.3, 0.4) is 0 Å². The van der Waals surface area contributed by atoms with Gasteiger partial charge in [-0.05, 0) is 82.1 Å². The highest BCUT2D eigenvalue weighted by Gasteiger charge is 2.32. The zero-order chi connectivity index (χ0) is 23.7. The van der Waals surface area contributed by atoms with Crippen molar-refractivity contribution in [3.63, 3.8) is 0 Å². The van der Waals surface area contributed by atoms with E-state index in [2.05, 4.69) is 9.97 Å². The van der Waals surface area contributed by atoms with Crippen molar-refractivity contribution >= 4 is 23.4 Å². The standard InChI is InChI=1S/C23H26F3N3O2S/c1-14-12-15(2)28-20(27-14)32-19-13-17(23(24,25)26)6-7-18(19)16-8-10-29(11-9-16)21(30)31-22(3,4)5/h6-8,12-13H,9-11H2,1-5H3. The molecule has 0 aliphatic carbocycles. The largest absolute Gasteiger partial charge is 0.444 e. The fourth-order valence-corrected chi connectivity index (χ4v) is 4.36. The summed E-state index contributed by atoms with van der Waals surface area (Å²) in [7, 11) is 0. The highest BCUT2D eigenvalue weighted by Crippen LogP contribution is 2.39. The fourth-order valence-electron chi connectivity index (χ4n) is 3.29. The van der Waals surface area contributed by atoms with E-state index >= 15 is 0 Å². The predicted octanol–water partition coefficient (Wildman–Crippen LogP) is 6.29. The number of nitrogens with zero attached hydrogens (tertiary/aromatic N) is 3. The minimum atomic E-state index is -4.45. The van der Waals surface area contributed by atoms with Crippen LogP contribution in [0.1, 0.15) is 49.7 Å².